The van der Waals surface area contributed by atoms with Gasteiger partial charge in [0, 0.05) is 24.0 Å². The summed E-state index contributed by atoms with van der Waals surface area (Å²) >= 11 is 0. The number of nitrogens with one attached hydrogen (secondary N) is 2. The Bertz CT molecular complexity index is 614. The summed E-state index contributed by atoms with van der Waals surface area (Å²) in [5.41, 5.74) is 1.86. The number of fused-ring (bicyclic) bond motifs is 1. The molecule has 0 unspecified atom stereocenters. The van der Waals surface area contributed by atoms with Crippen molar-refractivity contribution in [2.45, 2.75) is 6.92 Å². The summed E-state index contributed by atoms with van der Waals surface area (Å²) in [6.07, 6.45) is 0. The summed E-state index contributed by atoms with van der Waals surface area (Å²) in [5.74, 6) is -0.248. The second-order valence-corrected chi connectivity index (χ2v) is 3.68. The zero-order valence-corrected chi connectivity index (χ0v) is 9.13. The molecule has 0 saturated heterocycles. The van der Waals surface area contributed by atoms with Gasteiger partial charge in [-0.15, -0.1) is 0 Å². The largest absolute Gasteiger partial charge is 0.355 e. The number of aryl methyl sites for hydroxylation is 1. The highest BCUT2D eigenvalue weighted by Crippen LogP contribution is 2.16. The lowest BCUT2D eigenvalue weighted by Crippen LogP contribution is -2.21. The van der Waals surface area contributed by atoms with Crippen molar-refractivity contribution in [3.63, 3.8) is 0 Å². The van der Waals surface area contributed by atoms with E-state index in [1.54, 1.807) is 13.1 Å². The van der Waals surface area contributed by atoms with Crippen LogP contribution in [0.25, 0.3) is 10.9 Å². The van der Waals surface area contributed by atoms with Crippen molar-refractivity contribution < 1.29 is 4.79 Å². The highest BCUT2D eigenvalue weighted by Gasteiger charge is 2.09. The third-order valence-corrected chi connectivity index (χ3v) is 2.47. The molecule has 0 bridgehead atoms. The van der Waals surface area contributed by atoms with Gasteiger partial charge in [0.2, 0.25) is 5.56 Å². The van der Waals surface area contributed by atoms with Crippen molar-refractivity contribution in [2.24, 2.45) is 0 Å². The summed E-state index contributed by atoms with van der Waals surface area (Å²) < 4.78 is 0. The zero-order chi connectivity index (χ0) is 11.7. The number of amides is 1. The Morgan fingerprint density at radius 1 is 1.31 bits per heavy atom. The van der Waals surface area contributed by atoms with Crippen LogP contribution in [-0.4, -0.2) is 17.9 Å². The van der Waals surface area contributed by atoms with Crippen molar-refractivity contribution in [3.8, 4) is 0 Å². The first-order valence-electron chi connectivity index (χ1n) is 4.97. The Balaban J connectivity index is 2.84. The number of hydrogen-bond acceptors (Lipinski definition) is 2. The van der Waals surface area contributed by atoms with Crippen molar-refractivity contribution in [1.82, 2.24) is 10.3 Å². The number of benzene rings is 1. The van der Waals surface area contributed by atoms with E-state index in [9.17, 15) is 9.59 Å². The molecule has 4 heteroatoms. The minimum absolute atomic E-state index is 0.248. The Labute approximate surface area is 92.3 Å². The van der Waals surface area contributed by atoms with Gasteiger partial charge in [0.15, 0.2) is 0 Å². The molecule has 1 heterocycles. The van der Waals surface area contributed by atoms with E-state index >= 15 is 0 Å². The molecular formula is C12H12N2O2. The third-order valence-electron chi connectivity index (χ3n) is 2.47. The van der Waals surface area contributed by atoms with Gasteiger partial charge in [-0.1, -0.05) is 11.6 Å². The highest BCUT2D eigenvalue weighted by molar-refractivity contribution is 6.05. The van der Waals surface area contributed by atoms with Crippen molar-refractivity contribution in [1.29, 1.82) is 0 Å². The van der Waals surface area contributed by atoms with Gasteiger partial charge in [-0.25, -0.2) is 0 Å². The Morgan fingerprint density at radius 2 is 2.06 bits per heavy atom. The molecule has 2 aromatic rings. The maximum atomic E-state index is 11.6. The number of carbonyl (C=O) groups excluding carboxylic acids is 1. The molecule has 0 fully saturated rings. The number of carbonyl (C=O) groups is 1. The summed E-state index contributed by atoms with van der Waals surface area (Å²) in [4.78, 5) is 25.7. The SMILES string of the molecule is CNC(=O)c1cc(=O)[nH]c2ccc(C)cc12. The predicted molar refractivity (Wildman–Crippen MR) is 62.7 cm³/mol. The van der Waals surface area contributed by atoms with Crippen LogP contribution in [0.4, 0.5) is 0 Å². The minimum Gasteiger partial charge on any atom is -0.355 e. The predicted octanol–water partition coefficient (Wildman–Crippen LogP) is 1.20. The number of aromatic nitrogens is 1. The maximum Gasteiger partial charge on any atom is 0.251 e. The lowest BCUT2D eigenvalue weighted by atomic mass is 10.1. The first-order valence-corrected chi connectivity index (χ1v) is 4.97. The van der Waals surface area contributed by atoms with Crippen LogP contribution in [0.2, 0.25) is 0 Å². The van der Waals surface area contributed by atoms with Gasteiger partial charge in [0.25, 0.3) is 5.91 Å². The van der Waals surface area contributed by atoms with Crippen LogP contribution >= 0.6 is 0 Å². The monoisotopic (exact) mass is 216 g/mol. The molecular weight excluding hydrogens is 204 g/mol. The third kappa shape index (κ3) is 1.69. The first-order chi connectivity index (χ1) is 7.61. The van der Waals surface area contributed by atoms with Gasteiger partial charge >= 0.3 is 0 Å². The average Bonchev–Trinajstić information content (AvgIpc) is 2.27. The number of H-pyrrole nitrogens is 1. The van der Waals surface area contributed by atoms with Gasteiger partial charge in [-0.2, -0.15) is 0 Å². The van der Waals surface area contributed by atoms with E-state index in [1.807, 2.05) is 19.1 Å². The molecule has 4 nitrogen and oxygen atoms in total. The fourth-order valence-electron chi connectivity index (χ4n) is 1.69. The van der Waals surface area contributed by atoms with Crippen molar-refractivity contribution in [3.05, 3.63) is 45.7 Å². The Kier molecular flexibility index (Phi) is 2.48. The summed E-state index contributed by atoms with van der Waals surface area (Å²) in [6.45, 7) is 1.94. The van der Waals surface area contributed by atoms with E-state index in [0.29, 0.717) is 11.1 Å². The maximum absolute atomic E-state index is 11.6. The van der Waals surface area contributed by atoms with Gasteiger partial charge in [-0.05, 0) is 19.1 Å². The molecule has 1 aromatic heterocycles. The van der Waals surface area contributed by atoms with Crippen LogP contribution in [0.5, 0.6) is 0 Å². The van der Waals surface area contributed by atoms with Gasteiger partial charge in [-0.3, -0.25) is 9.59 Å². The van der Waals surface area contributed by atoms with Crippen LogP contribution in [0, 0.1) is 6.92 Å². The fraction of sp³-hybridized carbons (Fsp3) is 0.167. The van der Waals surface area contributed by atoms with Gasteiger partial charge in [0.05, 0.1) is 5.56 Å². The van der Waals surface area contributed by atoms with Gasteiger partial charge < -0.3 is 10.3 Å². The smallest absolute Gasteiger partial charge is 0.251 e. The average molecular weight is 216 g/mol. The fourth-order valence-corrected chi connectivity index (χ4v) is 1.69. The molecule has 0 saturated carbocycles. The summed E-state index contributed by atoms with van der Waals surface area (Å²) in [6, 6.07) is 6.90. The number of aromatic amines is 1. The van der Waals surface area contributed by atoms with E-state index in [1.165, 1.54) is 6.07 Å². The van der Waals surface area contributed by atoms with Crippen LogP contribution in [0.15, 0.2) is 29.1 Å². The molecule has 0 aliphatic rings. The first kappa shape index (κ1) is 10.4. The minimum atomic E-state index is -0.269. The molecule has 0 spiro atoms. The summed E-state index contributed by atoms with van der Waals surface area (Å²) in [5, 5.41) is 3.29. The van der Waals surface area contributed by atoms with Crippen LogP contribution in [-0.2, 0) is 0 Å². The molecule has 0 radical (unpaired) electrons. The van der Waals surface area contributed by atoms with Crippen LogP contribution in [0.3, 0.4) is 0 Å². The molecule has 82 valence electrons. The number of pyridine rings is 1. The summed E-state index contributed by atoms with van der Waals surface area (Å²) in [7, 11) is 1.55. The van der Waals surface area contributed by atoms with E-state index < -0.39 is 0 Å². The van der Waals surface area contributed by atoms with E-state index in [0.717, 1.165) is 10.9 Å². The van der Waals surface area contributed by atoms with Crippen molar-refractivity contribution >= 4 is 16.8 Å². The second-order valence-electron chi connectivity index (χ2n) is 3.68. The second kappa shape index (κ2) is 3.81. The number of rotatable bonds is 1. The molecule has 2 N–H and O–H groups in total. The van der Waals surface area contributed by atoms with E-state index in [2.05, 4.69) is 10.3 Å². The van der Waals surface area contributed by atoms with Gasteiger partial charge in [0.1, 0.15) is 0 Å². The van der Waals surface area contributed by atoms with Crippen molar-refractivity contribution in [2.75, 3.05) is 7.05 Å². The molecule has 0 atom stereocenters. The zero-order valence-electron chi connectivity index (χ0n) is 9.13. The number of hydrogen-bond donors (Lipinski definition) is 2. The lowest BCUT2D eigenvalue weighted by Gasteiger charge is -2.05. The van der Waals surface area contributed by atoms with E-state index in [-0.39, 0.29) is 11.5 Å². The molecule has 0 aliphatic carbocycles. The van der Waals surface area contributed by atoms with Crippen LogP contribution < -0.4 is 10.9 Å². The Hall–Kier alpha value is -2.10. The Morgan fingerprint density at radius 3 is 2.75 bits per heavy atom. The molecule has 1 amide bonds. The standard InChI is InChI=1S/C12H12N2O2/c1-7-3-4-10-8(5-7)9(12(16)13-2)6-11(15)14-10/h3-6H,1-2H3,(H,13,16)(H,14,15). The van der Waals surface area contributed by atoms with Crippen LogP contribution in [0.1, 0.15) is 15.9 Å². The topological polar surface area (TPSA) is 62.0 Å². The molecule has 16 heavy (non-hydrogen) atoms. The van der Waals surface area contributed by atoms with E-state index in [4.69, 9.17) is 0 Å². The lowest BCUT2D eigenvalue weighted by molar-refractivity contribution is 0.0964. The molecule has 0 aliphatic heterocycles. The highest BCUT2D eigenvalue weighted by atomic mass is 16.1. The molecule has 2 rings (SSSR count). The normalized spacial score (nSPS) is 10.4. The molecule has 1 aromatic carbocycles. The quantitative estimate of drug-likeness (QED) is 0.752.